The van der Waals surface area contributed by atoms with Gasteiger partial charge in [0.15, 0.2) is 0 Å². The van der Waals surface area contributed by atoms with Gasteiger partial charge in [-0.25, -0.2) is 12.8 Å². The van der Waals surface area contributed by atoms with Gasteiger partial charge in [-0.3, -0.25) is 0 Å². The summed E-state index contributed by atoms with van der Waals surface area (Å²) < 4.78 is 78.7. The van der Waals surface area contributed by atoms with Crippen LogP contribution in [-0.2, 0) is 16.2 Å². The van der Waals surface area contributed by atoms with Crippen molar-refractivity contribution in [2.75, 3.05) is 31.1 Å². The van der Waals surface area contributed by atoms with Crippen molar-refractivity contribution in [3.05, 3.63) is 59.4 Å². The number of nitrogens with zero attached hydrogens (tertiary/aromatic N) is 2. The summed E-state index contributed by atoms with van der Waals surface area (Å²) in [5.74, 6) is -0.483. The van der Waals surface area contributed by atoms with E-state index in [-0.39, 0.29) is 36.6 Å². The minimum atomic E-state index is -4.43. The highest BCUT2D eigenvalue weighted by Gasteiger charge is 2.32. The Hall–Kier alpha value is -2.13. The van der Waals surface area contributed by atoms with Crippen molar-refractivity contribution in [1.29, 1.82) is 0 Å². The molecule has 0 spiro atoms. The summed E-state index contributed by atoms with van der Waals surface area (Å²) >= 11 is 0. The molecule has 0 N–H and O–H groups in total. The lowest BCUT2D eigenvalue weighted by molar-refractivity contribution is -0.137. The van der Waals surface area contributed by atoms with E-state index in [9.17, 15) is 26.0 Å². The zero-order valence-corrected chi connectivity index (χ0v) is 15.3. The summed E-state index contributed by atoms with van der Waals surface area (Å²) in [6.07, 6.45) is -4.43. The van der Waals surface area contributed by atoms with Crippen LogP contribution in [0.1, 0.15) is 11.1 Å². The first kappa shape index (κ1) is 19.6. The Balaban J connectivity index is 1.74. The molecule has 0 amide bonds. The second-order valence-corrected chi connectivity index (χ2v) is 8.29. The molecule has 0 aliphatic carbocycles. The molecule has 146 valence electrons. The molecule has 1 saturated heterocycles. The molecule has 0 unspecified atom stereocenters. The Morgan fingerprint density at radius 2 is 1.63 bits per heavy atom. The highest BCUT2D eigenvalue weighted by atomic mass is 32.2. The molecule has 1 heterocycles. The molecular formula is C18H18F4N2O2S. The maximum Gasteiger partial charge on any atom is 0.416 e. The van der Waals surface area contributed by atoms with Crippen molar-refractivity contribution in [3.63, 3.8) is 0 Å². The van der Waals surface area contributed by atoms with Crippen molar-refractivity contribution >= 4 is 15.7 Å². The number of piperazine rings is 1. The molecule has 2 aromatic carbocycles. The van der Waals surface area contributed by atoms with Crippen LogP contribution < -0.4 is 4.90 Å². The Morgan fingerprint density at radius 3 is 2.22 bits per heavy atom. The number of rotatable bonds is 3. The molecule has 0 aromatic heterocycles. The summed E-state index contributed by atoms with van der Waals surface area (Å²) in [6.45, 7) is 2.28. The van der Waals surface area contributed by atoms with Gasteiger partial charge in [-0.15, -0.1) is 0 Å². The standard InChI is InChI=1S/C18H18F4N2O2S/c1-13-11-16(5-6-17(13)19)27(25,26)24-9-7-23(8-10-24)15-4-2-3-14(12-15)18(20,21)22/h2-6,11-12H,7-10H2,1H3. The second-order valence-electron chi connectivity index (χ2n) is 6.35. The van der Waals surface area contributed by atoms with Gasteiger partial charge in [0.1, 0.15) is 5.82 Å². The first-order valence-electron chi connectivity index (χ1n) is 8.27. The number of benzene rings is 2. The SMILES string of the molecule is Cc1cc(S(=O)(=O)N2CCN(c3cccc(C(F)(F)F)c3)CC2)ccc1F. The molecule has 27 heavy (non-hydrogen) atoms. The van der Waals surface area contributed by atoms with E-state index in [1.165, 1.54) is 29.4 Å². The zero-order valence-electron chi connectivity index (χ0n) is 14.5. The Kier molecular flexibility index (Phi) is 5.18. The fourth-order valence-electron chi connectivity index (χ4n) is 2.99. The maximum absolute atomic E-state index is 13.4. The summed E-state index contributed by atoms with van der Waals surface area (Å²) in [5, 5.41) is 0. The van der Waals surface area contributed by atoms with Gasteiger partial charge < -0.3 is 4.90 Å². The smallest absolute Gasteiger partial charge is 0.369 e. The summed E-state index contributed by atoms with van der Waals surface area (Å²) in [4.78, 5) is 1.73. The molecule has 0 radical (unpaired) electrons. The molecule has 0 bridgehead atoms. The van der Waals surface area contributed by atoms with Crippen molar-refractivity contribution in [1.82, 2.24) is 4.31 Å². The Bertz CT molecular complexity index is 937. The third-order valence-corrected chi connectivity index (χ3v) is 6.44. The van der Waals surface area contributed by atoms with Crippen LogP contribution in [0.3, 0.4) is 0 Å². The quantitative estimate of drug-likeness (QED) is 0.736. The number of hydrogen-bond donors (Lipinski definition) is 0. The number of halogens is 4. The van der Waals surface area contributed by atoms with E-state index in [0.29, 0.717) is 5.69 Å². The van der Waals surface area contributed by atoms with Crippen molar-refractivity contribution in [2.24, 2.45) is 0 Å². The van der Waals surface area contributed by atoms with Gasteiger partial charge in [0.05, 0.1) is 10.5 Å². The average Bonchev–Trinajstić information content (AvgIpc) is 2.63. The van der Waals surface area contributed by atoms with E-state index in [1.54, 1.807) is 11.0 Å². The van der Waals surface area contributed by atoms with Crippen LogP contribution in [0.25, 0.3) is 0 Å². The Morgan fingerprint density at radius 1 is 0.963 bits per heavy atom. The third-order valence-electron chi connectivity index (χ3n) is 4.54. The predicted molar refractivity (Wildman–Crippen MR) is 93.6 cm³/mol. The van der Waals surface area contributed by atoms with Gasteiger partial charge in [-0.1, -0.05) is 6.07 Å². The monoisotopic (exact) mass is 402 g/mol. The zero-order chi connectivity index (χ0) is 19.8. The lowest BCUT2D eigenvalue weighted by atomic mass is 10.1. The van der Waals surface area contributed by atoms with Gasteiger partial charge >= 0.3 is 6.18 Å². The van der Waals surface area contributed by atoms with E-state index in [1.807, 2.05) is 0 Å². The van der Waals surface area contributed by atoms with Crippen molar-refractivity contribution in [3.8, 4) is 0 Å². The van der Waals surface area contributed by atoms with E-state index in [2.05, 4.69) is 0 Å². The number of hydrogen-bond acceptors (Lipinski definition) is 3. The molecular weight excluding hydrogens is 384 g/mol. The first-order valence-corrected chi connectivity index (χ1v) is 9.71. The fourth-order valence-corrected chi connectivity index (χ4v) is 4.50. The summed E-state index contributed by atoms with van der Waals surface area (Å²) in [5.41, 5.74) is -0.102. The van der Waals surface area contributed by atoms with Gasteiger partial charge in [0.25, 0.3) is 0 Å². The number of alkyl halides is 3. The molecule has 1 aliphatic rings. The minimum absolute atomic E-state index is 0.00826. The molecule has 2 aromatic rings. The van der Waals surface area contributed by atoms with Gasteiger partial charge in [-0.05, 0) is 48.9 Å². The van der Waals surface area contributed by atoms with Crippen LogP contribution in [0.5, 0.6) is 0 Å². The molecule has 0 atom stereocenters. The van der Waals surface area contributed by atoms with Crippen LogP contribution >= 0.6 is 0 Å². The number of sulfonamides is 1. The summed E-state index contributed by atoms with van der Waals surface area (Å²) in [6, 6.07) is 8.58. The molecule has 9 heteroatoms. The highest BCUT2D eigenvalue weighted by Crippen LogP contribution is 2.32. The Labute approximate surface area is 155 Å². The van der Waals surface area contributed by atoms with Crippen molar-refractivity contribution < 1.29 is 26.0 Å². The molecule has 0 saturated carbocycles. The highest BCUT2D eigenvalue weighted by molar-refractivity contribution is 7.89. The first-order chi connectivity index (χ1) is 12.6. The van der Waals surface area contributed by atoms with Crippen LogP contribution in [-0.4, -0.2) is 38.9 Å². The largest absolute Gasteiger partial charge is 0.416 e. The normalized spacial score (nSPS) is 16.6. The number of anilines is 1. The predicted octanol–water partition coefficient (Wildman–Crippen LogP) is 3.66. The van der Waals surface area contributed by atoms with Crippen LogP contribution in [0.2, 0.25) is 0 Å². The topological polar surface area (TPSA) is 40.6 Å². The van der Waals surface area contributed by atoms with Crippen LogP contribution in [0, 0.1) is 12.7 Å². The lowest BCUT2D eigenvalue weighted by Crippen LogP contribution is -2.48. The van der Waals surface area contributed by atoms with E-state index in [4.69, 9.17) is 0 Å². The maximum atomic E-state index is 13.4. The van der Waals surface area contributed by atoms with Gasteiger partial charge in [0.2, 0.25) is 10.0 Å². The van der Waals surface area contributed by atoms with E-state index >= 15 is 0 Å². The van der Waals surface area contributed by atoms with Crippen LogP contribution in [0.15, 0.2) is 47.4 Å². The average molecular weight is 402 g/mol. The third kappa shape index (κ3) is 4.08. The van der Waals surface area contributed by atoms with Crippen molar-refractivity contribution in [2.45, 2.75) is 18.0 Å². The molecule has 1 fully saturated rings. The van der Waals surface area contributed by atoms with Crippen LogP contribution in [0.4, 0.5) is 23.2 Å². The van der Waals surface area contributed by atoms with E-state index in [0.717, 1.165) is 18.2 Å². The second kappa shape index (κ2) is 7.12. The number of aryl methyl sites for hydroxylation is 1. The minimum Gasteiger partial charge on any atom is -0.369 e. The lowest BCUT2D eigenvalue weighted by Gasteiger charge is -2.35. The fraction of sp³-hybridized carbons (Fsp3) is 0.333. The van der Waals surface area contributed by atoms with Gasteiger partial charge in [0, 0.05) is 31.9 Å². The van der Waals surface area contributed by atoms with E-state index < -0.39 is 27.6 Å². The molecule has 1 aliphatic heterocycles. The molecule has 4 nitrogen and oxygen atoms in total. The summed E-state index contributed by atoms with van der Waals surface area (Å²) in [7, 11) is -3.78. The van der Waals surface area contributed by atoms with Gasteiger partial charge in [-0.2, -0.15) is 17.5 Å². The molecule has 3 rings (SSSR count).